The quantitative estimate of drug-likeness (QED) is 0.214. The molecule has 1 heterocycles. The zero-order chi connectivity index (χ0) is 28.9. The monoisotopic (exact) mass is 559 g/mol. The summed E-state index contributed by atoms with van der Waals surface area (Å²) in [5.41, 5.74) is 12.9. The molecule has 3 atom stereocenters. The van der Waals surface area contributed by atoms with Crippen LogP contribution in [-0.2, 0) is 10.8 Å². The molecule has 9 rings (SSSR count). The van der Waals surface area contributed by atoms with Crippen molar-refractivity contribution < 1.29 is 4.42 Å². The molecule has 43 heavy (non-hydrogen) atoms. The first-order valence-corrected chi connectivity index (χ1v) is 16.0. The van der Waals surface area contributed by atoms with E-state index in [1.54, 1.807) is 11.1 Å². The lowest BCUT2D eigenvalue weighted by Gasteiger charge is -2.37. The standard InChI is InChI=1S/C41H37NO/c1-40(2,3)27-14-16-29(17-15-27)42(31-19-21-35-34-9-5-7-11-38(34)43-39(35)24-31)30-18-20-33-32-8-4-6-10-36(32)41(37(33)23-30)25-26-12-13-28(41)22-26/h4-11,14-21,23-24,26,28H,12-13,22,25H2,1-3H3. The summed E-state index contributed by atoms with van der Waals surface area (Å²) in [6.07, 6.45) is 5.41. The van der Waals surface area contributed by atoms with E-state index in [0.717, 1.165) is 34.1 Å². The van der Waals surface area contributed by atoms with Crippen LogP contribution in [0.1, 0.15) is 63.1 Å². The predicted octanol–water partition coefficient (Wildman–Crippen LogP) is 11.4. The molecule has 2 bridgehead atoms. The van der Waals surface area contributed by atoms with Gasteiger partial charge in [0.15, 0.2) is 0 Å². The van der Waals surface area contributed by atoms with E-state index in [-0.39, 0.29) is 10.8 Å². The fourth-order valence-electron chi connectivity index (χ4n) is 8.93. The number of hydrogen-bond donors (Lipinski definition) is 0. The Morgan fingerprint density at radius 1 is 0.651 bits per heavy atom. The van der Waals surface area contributed by atoms with E-state index in [1.165, 1.54) is 59.1 Å². The van der Waals surface area contributed by atoms with Gasteiger partial charge in [0, 0.05) is 39.3 Å². The Labute approximate surface area is 254 Å². The first kappa shape index (κ1) is 25.2. The van der Waals surface area contributed by atoms with E-state index in [0.29, 0.717) is 0 Å². The van der Waals surface area contributed by atoms with Crippen LogP contribution in [0.5, 0.6) is 0 Å². The van der Waals surface area contributed by atoms with Gasteiger partial charge in [-0.2, -0.15) is 0 Å². The number of fused-ring (bicyclic) bond motifs is 11. The van der Waals surface area contributed by atoms with Crippen molar-refractivity contribution in [3.8, 4) is 11.1 Å². The van der Waals surface area contributed by atoms with Crippen LogP contribution >= 0.6 is 0 Å². The van der Waals surface area contributed by atoms with Gasteiger partial charge in [-0.1, -0.05) is 87.9 Å². The maximum atomic E-state index is 6.38. The average Bonchev–Trinajstić information content (AvgIpc) is 3.79. The Bertz CT molecular complexity index is 2040. The van der Waals surface area contributed by atoms with Crippen LogP contribution in [0.2, 0.25) is 0 Å². The lowest BCUT2D eigenvalue weighted by atomic mass is 9.67. The van der Waals surface area contributed by atoms with E-state index < -0.39 is 0 Å². The molecule has 0 N–H and O–H groups in total. The summed E-state index contributed by atoms with van der Waals surface area (Å²) < 4.78 is 6.38. The molecule has 2 fully saturated rings. The lowest BCUT2D eigenvalue weighted by molar-refractivity contribution is 0.327. The van der Waals surface area contributed by atoms with Crippen LogP contribution in [0, 0.1) is 11.8 Å². The zero-order valence-corrected chi connectivity index (χ0v) is 25.2. The second-order valence-electron chi connectivity index (χ2n) is 14.2. The van der Waals surface area contributed by atoms with Crippen LogP contribution in [0.15, 0.2) is 114 Å². The molecule has 0 saturated heterocycles. The number of anilines is 3. The summed E-state index contributed by atoms with van der Waals surface area (Å²) in [6, 6.07) is 40.8. The highest BCUT2D eigenvalue weighted by Crippen LogP contribution is 2.66. The van der Waals surface area contributed by atoms with Crippen molar-refractivity contribution in [2.75, 3.05) is 4.90 Å². The highest BCUT2D eigenvalue weighted by Gasteiger charge is 2.56. The molecular formula is C41H37NO. The normalized spacial score (nSPS) is 22.0. The largest absolute Gasteiger partial charge is 0.456 e. The third-order valence-electron chi connectivity index (χ3n) is 10.9. The smallest absolute Gasteiger partial charge is 0.137 e. The number of para-hydroxylation sites is 1. The summed E-state index contributed by atoms with van der Waals surface area (Å²) >= 11 is 0. The van der Waals surface area contributed by atoms with E-state index in [4.69, 9.17) is 4.42 Å². The Hall–Kier alpha value is -4.30. The highest BCUT2D eigenvalue weighted by molar-refractivity contribution is 6.06. The molecule has 3 aliphatic rings. The van der Waals surface area contributed by atoms with E-state index in [9.17, 15) is 0 Å². The Morgan fingerprint density at radius 2 is 1.35 bits per heavy atom. The summed E-state index contributed by atoms with van der Waals surface area (Å²) in [7, 11) is 0. The van der Waals surface area contributed by atoms with Crippen molar-refractivity contribution in [2.45, 2.75) is 57.3 Å². The summed E-state index contributed by atoms with van der Waals surface area (Å²) in [5, 5.41) is 2.33. The summed E-state index contributed by atoms with van der Waals surface area (Å²) in [6.45, 7) is 6.84. The van der Waals surface area contributed by atoms with Crippen molar-refractivity contribution in [3.63, 3.8) is 0 Å². The summed E-state index contributed by atoms with van der Waals surface area (Å²) in [5.74, 6) is 1.59. The Kier molecular flexibility index (Phi) is 5.20. The van der Waals surface area contributed by atoms with Crippen LogP contribution in [0.3, 0.4) is 0 Å². The van der Waals surface area contributed by atoms with Crippen LogP contribution in [-0.4, -0.2) is 0 Å². The van der Waals surface area contributed by atoms with Crippen molar-refractivity contribution in [1.29, 1.82) is 0 Å². The number of rotatable bonds is 3. The zero-order valence-electron chi connectivity index (χ0n) is 25.2. The molecule has 3 unspecified atom stereocenters. The number of benzene rings is 5. The van der Waals surface area contributed by atoms with Gasteiger partial charge in [-0.15, -0.1) is 0 Å². The van der Waals surface area contributed by atoms with Crippen molar-refractivity contribution in [3.05, 3.63) is 126 Å². The van der Waals surface area contributed by atoms with Gasteiger partial charge >= 0.3 is 0 Å². The van der Waals surface area contributed by atoms with E-state index in [2.05, 4.69) is 129 Å². The maximum Gasteiger partial charge on any atom is 0.137 e. The van der Waals surface area contributed by atoms with Crippen LogP contribution in [0.4, 0.5) is 17.1 Å². The molecule has 0 aliphatic heterocycles. The minimum Gasteiger partial charge on any atom is -0.456 e. The Balaban J connectivity index is 1.24. The second kappa shape index (κ2) is 8.86. The third kappa shape index (κ3) is 3.59. The molecule has 0 radical (unpaired) electrons. The third-order valence-corrected chi connectivity index (χ3v) is 10.9. The SMILES string of the molecule is CC(C)(C)c1ccc(N(c2ccc3c(c2)C2(CC4CCC2C4)c2ccccc2-3)c2ccc3c(c2)oc2ccccc23)cc1. The molecular weight excluding hydrogens is 522 g/mol. The van der Waals surface area contributed by atoms with Gasteiger partial charge in [0.2, 0.25) is 0 Å². The second-order valence-corrected chi connectivity index (χ2v) is 14.2. The predicted molar refractivity (Wildman–Crippen MR) is 179 cm³/mol. The molecule has 5 aromatic carbocycles. The average molecular weight is 560 g/mol. The maximum absolute atomic E-state index is 6.38. The molecule has 6 aromatic rings. The molecule has 2 heteroatoms. The first-order valence-electron chi connectivity index (χ1n) is 16.0. The topological polar surface area (TPSA) is 16.4 Å². The lowest BCUT2D eigenvalue weighted by Crippen LogP contribution is -2.32. The summed E-state index contributed by atoms with van der Waals surface area (Å²) in [4.78, 5) is 2.43. The van der Waals surface area contributed by atoms with Crippen molar-refractivity contribution >= 4 is 39.0 Å². The number of nitrogens with zero attached hydrogens (tertiary/aromatic N) is 1. The van der Waals surface area contributed by atoms with Crippen molar-refractivity contribution in [1.82, 2.24) is 0 Å². The Morgan fingerprint density at radius 3 is 2.14 bits per heavy atom. The van der Waals surface area contributed by atoms with E-state index >= 15 is 0 Å². The molecule has 212 valence electrons. The van der Waals surface area contributed by atoms with Gasteiger partial charge < -0.3 is 9.32 Å². The fourth-order valence-corrected chi connectivity index (χ4v) is 8.93. The minimum atomic E-state index is 0.101. The molecule has 2 nitrogen and oxygen atoms in total. The van der Waals surface area contributed by atoms with Gasteiger partial charge in [-0.25, -0.2) is 0 Å². The molecule has 1 aromatic heterocycles. The molecule has 0 amide bonds. The van der Waals surface area contributed by atoms with Gasteiger partial charge in [-0.3, -0.25) is 0 Å². The van der Waals surface area contributed by atoms with Gasteiger partial charge in [0.1, 0.15) is 11.2 Å². The van der Waals surface area contributed by atoms with Crippen LogP contribution in [0.25, 0.3) is 33.1 Å². The van der Waals surface area contributed by atoms with Crippen molar-refractivity contribution in [2.24, 2.45) is 11.8 Å². The highest BCUT2D eigenvalue weighted by atomic mass is 16.3. The van der Waals surface area contributed by atoms with E-state index in [1.807, 2.05) is 6.07 Å². The fraction of sp³-hybridized carbons (Fsp3) is 0.268. The van der Waals surface area contributed by atoms with Gasteiger partial charge in [0.05, 0.1) is 0 Å². The first-order chi connectivity index (χ1) is 20.9. The minimum absolute atomic E-state index is 0.101. The molecule has 1 spiro atoms. The molecule has 3 aliphatic carbocycles. The van der Waals surface area contributed by atoms with Crippen LogP contribution < -0.4 is 4.90 Å². The molecule has 2 saturated carbocycles. The number of furan rings is 1. The van der Waals surface area contributed by atoms with Gasteiger partial charge in [0.25, 0.3) is 0 Å². The van der Waals surface area contributed by atoms with Gasteiger partial charge in [-0.05, 0) is 107 Å². The number of hydrogen-bond acceptors (Lipinski definition) is 2.